The van der Waals surface area contributed by atoms with Crippen molar-refractivity contribution in [2.45, 2.75) is 20.3 Å². The van der Waals surface area contributed by atoms with E-state index in [9.17, 15) is 9.59 Å². The second-order valence-electron chi connectivity index (χ2n) is 3.88. The molecular formula is C12H16N2O3. The van der Waals surface area contributed by atoms with Crippen LogP contribution in [0.3, 0.4) is 0 Å². The van der Waals surface area contributed by atoms with Crippen LogP contribution in [0.1, 0.15) is 16.7 Å². The third-order valence-corrected chi connectivity index (χ3v) is 2.41. The molecule has 2 amide bonds. The van der Waals surface area contributed by atoms with Gasteiger partial charge >= 0.3 is 12.0 Å². The molecule has 0 spiro atoms. The summed E-state index contributed by atoms with van der Waals surface area (Å²) in [5, 5.41) is 13.9. The first-order valence-electron chi connectivity index (χ1n) is 5.24. The summed E-state index contributed by atoms with van der Waals surface area (Å²) >= 11 is 0. The fraction of sp³-hybridized carbons (Fsp3) is 0.333. The first-order valence-corrected chi connectivity index (χ1v) is 5.24. The van der Waals surface area contributed by atoms with Gasteiger partial charge in [-0.05, 0) is 30.5 Å². The fourth-order valence-corrected chi connectivity index (χ4v) is 1.70. The minimum Gasteiger partial charge on any atom is -0.481 e. The number of carboxylic acid groups (broad SMARTS) is 1. The molecule has 5 heteroatoms. The highest BCUT2D eigenvalue weighted by Crippen LogP contribution is 2.22. The number of anilines is 1. The number of hydrogen-bond acceptors (Lipinski definition) is 2. The maximum Gasteiger partial charge on any atom is 0.318 e. The molecule has 5 nitrogen and oxygen atoms in total. The zero-order valence-electron chi connectivity index (χ0n) is 10.1. The van der Waals surface area contributed by atoms with E-state index >= 15 is 0 Å². The van der Waals surface area contributed by atoms with Gasteiger partial charge in [0.1, 0.15) is 0 Å². The Morgan fingerprint density at radius 2 is 1.76 bits per heavy atom. The van der Waals surface area contributed by atoms with Gasteiger partial charge in [0.05, 0.1) is 6.42 Å². The lowest BCUT2D eigenvalue weighted by molar-refractivity contribution is -0.136. The highest BCUT2D eigenvalue weighted by Gasteiger charge is 2.09. The summed E-state index contributed by atoms with van der Waals surface area (Å²) < 4.78 is 0. The minimum absolute atomic E-state index is 0.0120. The molecule has 0 atom stereocenters. The minimum atomic E-state index is -0.865. The van der Waals surface area contributed by atoms with Crippen LogP contribution in [0.25, 0.3) is 0 Å². The van der Waals surface area contributed by atoms with Crippen LogP contribution in [0.5, 0.6) is 0 Å². The van der Waals surface area contributed by atoms with Gasteiger partial charge in [-0.2, -0.15) is 0 Å². The lowest BCUT2D eigenvalue weighted by atomic mass is 10.0. The number of hydrogen-bond donors (Lipinski definition) is 3. The second kappa shape index (κ2) is 5.34. The van der Waals surface area contributed by atoms with Gasteiger partial charge in [-0.15, -0.1) is 0 Å². The van der Waals surface area contributed by atoms with Crippen molar-refractivity contribution in [1.29, 1.82) is 0 Å². The van der Waals surface area contributed by atoms with Gasteiger partial charge in [0.2, 0.25) is 0 Å². The lowest BCUT2D eigenvalue weighted by Gasteiger charge is -2.13. The Balaban J connectivity index is 3.01. The molecule has 92 valence electrons. The quantitative estimate of drug-likeness (QED) is 0.747. The molecule has 1 aromatic rings. The van der Waals surface area contributed by atoms with Gasteiger partial charge in [-0.1, -0.05) is 12.1 Å². The zero-order valence-corrected chi connectivity index (χ0v) is 10.1. The van der Waals surface area contributed by atoms with E-state index in [1.807, 2.05) is 13.8 Å². The van der Waals surface area contributed by atoms with Crippen molar-refractivity contribution in [3.05, 3.63) is 28.8 Å². The summed E-state index contributed by atoms with van der Waals surface area (Å²) in [6.07, 6.45) is -0.0120. The molecule has 0 aromatic heterocycles. The van der Waals surface area contributed by atoms with Crippen molar-refractivity contribution >= 4 is 17.7 Å². The Labute approximate surface area is 99.8 Å². The average Bonchev–Trinajstić information content (AvgIpc) is 2.22. The number of carbonyl (C=O) groups is 2. The summed E-state index contributed by atoms with van der Waals surface area (Å²) in [6.45, 7) is 3.67. The van der Waals surface area contributed by atoms with E-state index in [1.54, 1.807) is 19.2 Å². The van der Waals surface area contributed by atoms with E-state index in [4.69, 9.17) is 5.11 Å². The molecule has 0 saturated carbocycles. The second-order valence-corrected chi connectivity index (χ2v) is 3.88. The standard InChI is InChI=1S/C12H16N2O3/c1-7-4-9(6-10(15)16)5-8(2)11(7)14-12(17)13-3/h4-5H,6H2,1-3H3,(H,15,16)(H2,13,14,17). The van der Waals surface area contributed by atoms with Crippen molar-refractivity contribution in [1.82, 2.24) is 5.32 Å². The number of aliphatic carboxylic acids is 1. The van der Waals surface area contributed by atoms with Crippen LogP contribution >= 0.6 is 0 Å². The van der Waals surface area contributed by atoms with Crippen LogP contribution in [0, 0.1) is 13.8 Å². The first kappa shape index (κ1) is 13.0. The monoisotopic (exact) mass is 236 g/mol. The maximum atomic E-state index is 11.2. The van der Waals surface area contributed by atoms with Crippen molar-refractivity contribution in [2.75, 3.05) is 12.4 Å². The van der Waals surface area contributed by atoms with E-state index in [1.165, 1.54) is 0 Å². The zero-order chi connectivity index (χ0) is 13.0. The number of rotatable bonds is 3. The number of carbonyl (C=O) groups excluding carboxylic acids is 1. The summed E-state index contributed by atoms with van der Waals surface area (Å²) in [5.41, 5.74) is 3.16. The van der Waals surface area contributed by atoms with E-state index < -0.39 is 5.97 Å². The topological polar surface area (TPSA) is 78.4 Å². The van der Waals surface area contributed by atoms with Crippen LogP contribution in [-0.2, 0) is 11.2 Å². The van der Waals surface area contributed by atoms with Crippen LogP contribution in [0.2, 0.25) is 0 Å². The molecule has 0 aliphatic carbocycles. The summed E-state index contributed by atoms with van der Waals surface area (Å²) in [7, 11) is 1.54. The molecule has 3 N–H and O–H groups in total. The van der Waals surface area contributed by atoms with Crippen LogP contribution in [0.4, 0.5) is 10.5 Å². The van der Waals surface area contributed by atoms with Crippen molar-refractivity contribution in [3.63, 3.8) is 0 Å². The van der Waals surface area contributed by atoms with E-state index in [0.29, 0.717) is 0 Å². The number of benzene rings is 1. The van der Waals surface area contributed by atoms with E-state index in [-0.39, 0.29) is 12.5 Å². The Bertz CT molecular complexity index is 432. The lowest BCUT2D eigenvalue weighted by Crippen LogP contribution is -2.25. The third-order valence-electron chi connectivity index (χ3n) is 2.41. The molecule has 0 fully saturated rings. The molecule has 0 radical (unpaired) electrons. The Morgan fingerprint density at radius 3 is 2.18 bits per heavy atom. The number of carboxylic acids is 1. The first-order chi connectivity index (χ1) is 7.93. The van der Waals surface area contributed by atoms with Gasteiger partial charge < -0.3 is 15.7 Å². The molecule has 0 bridgehead atoms. The largest absolute Gasteiger partial charge is 0.481 e. The number of nitrogens with one attached hydrogen (secondary N) is 2. The molecule has 0 heterocycles. The van der Waals surface area contributed by atoms with Gasteiger partial charge in [-0.3, -0.25) is 4.79 Å². The molecule has 0 unspecified atom stereocenters. The van der Waals surface area contributed by atoms with Gasteiger partial charge in [0.15, 0.2) is 0 Å². The number of amides is 2. The van der Waals surface area contributed by atoms with Gasteiger partial charge in [0.25, 0.3) is 0 Å². The van der Waals surface area contributed by atoms with Crippen molar-refractivity contribution in [2.24, 2.45) is 0 Å². The predicted molar refractivity (Wildman–Crippen MR) is 65.3 cm³/mol. The molecule has 1 rings (SSSR count). The summed E-state index contributed by atoms with van der Waals surface area (Å²) in [6, 6.07) is 3.25. The molecular weight excluding hydrogens is 220 g/mol. The molecule has 0 aliphatic heterocycles. The SMILES string of the molecule is CNC(=O)Nc1c(C)cc(CC(=O)O)cc1C. The van der Waals surface area contributed by atoms with Crippen LogP contribution < -0.4 is 10.6 Å². The smallest absolute Gasteiger partial charge is 0.318 e. The van der Waals surface area contributed by atoms with E-state index in [0.717, 1.165) is 22.4 Å². The molecule has 0 saturated heterocycles. The van der Waals surface area contributed by atoms with Crippen molar-refractivity contribution < 1.29 is 14.7 Å². The molecule has 17 heavy (non-hydrogen) atoms. The normalized spacial score (nSPS) is 9.82. The van der Waals surface area contributed by atoms with Crippen LogP contribution in [0.15, 0.2) is 12.1 Å². The highest BCUT2D eigenvalue weighted by molar-refractivity contribution is 5.91. The number of urea groups is 1. The highest BCUT2D eigenvalue weighted by atomic mass is 16.4. The third kappa shape index (κ3) is 3.48. The maximum absolute atomic E-state index is 11.2. The van der Waals surface area contributed by atoms with Gasteiger partial charge in [-0.25, -0.2) is 4.79 Å². The fourth-order valence-electron chi connectivity index (χ4n) is 1.70. The van der Waals surface area contributed by atoms with Crippen LogP contribution in [-0.4, -0.2) is 24.2 Å². The number of aryl methyl sites for hydroxylation is 2. The summed E-state index contributed by atoms with van der Waals surface area (Å²) in [5.74, 6) is -0.865. The predicted octanol–water partition coefficient (Wildman–Crippen LogP) is 1.68. The average molecular weight is 236 g/mol. The Kier molecular flexibility index (Phi) is 4.09. The van der Waals surface area contributed by atoms with E-state index in [2.05, 4.69) is 10.6 Å². The Morgan fingerprint density at radius 1 is 1.24 bits per heavy atom. The van der Waals surface area contributed by atoms with Gasteiger partial charge in [0, 0.05) is 12.7 Å². The Hall–Kier alpha value is -2.04. The van der Waals surface area contributed by atoms with Crippen molar-refractivity contribution in [3.8, 4) is 0 Å². The molecule has 0 aliphatic rings. The summed E-state index contributed by atoms with van der Waals surface area (Å²) in [4.78, 5) is 21.9. The molecule has 1 aromatic carbocycles.